The number of benzene rings is 3. The van der Waals surface area contributed by atoms with Crippen molar-refractivity contribution in [3.05, 3.63) is 93.0 Å². The van der Waals surface area contributed by atoms with E-state index in [9.17, 15) is 13.2 Å². The maximum Gasteiger partial charge on any atom is 0.281 e. The molecule has 0 atom stereocenters. The molecule has 0 unspecified atom stereocenters. The first-order valence-electron chi connectivity index (χ1n) is 10.5. The van der Waals surface area contributed by atoms with Gasteiger partial charge in [0.1, 0.15) is 18.1 Å². The molecular formula is C25H22BrClN2O4S. The van der Waals surface area contributed by atoms with Gasteiger partial charge in [0.15, 0.2) is 0 Å². The first-order valence-corrected chi connectivity index (χ1v) is 13.1. The highest BCUT2D eigenvalue weighted by atomic mass is 79.9. The Balaban J connectivity index is 1.59. The third-order valence-electron chi connectivity index (χ3n) is 5.37. The van der Waals surface area contributed by atoms with Crippen molar-refractivity contribution in [2.45, 2.75) is 25.3 Å². The lowest BCUT2D eigenvalue weighted by molar-refractivity contribution is 0.0972. The number of nitrogens with zero attached hydrogens (tertiary/aromatic N) is 1. The Morgan fingerprint density at radius 2 is 1.74 bits per heavy atom. The number of hydrogen-bond donors (Lipinski definition) is 1. The molecule has 176 valence electrons. The topological polar surface area (TPSA) is 77.4 Å². The predicted molar refractivity (Wildman–Crippen MR) is 137 cm³/mol. The van der Waals surface area contributed by atoms with Crippen molar-refractivity contribution >= 4 is 54.4 Å². The molecular weight excluding hydrogens is 540 g/mol. The summed E-state index contributed by atoms with van der Waals surface area (Å²) in [5.74, 6) is -0.0338. The van der Waals surface area contributed by atoms with Crippen LogP contribution in [0, 0.1) is 13.8 Å². The van der Waals surface area contributed by atoms with Crippen molar-refractivity contribution in [1.82, 2.24) is 9.29 Å². The van der Waals surface area contributed by atoms with E-state index in [1.54, 1.807) is 22.8 Å². The summed E-state index contributed by atoms with van der Waals surface area (Å²) in [7, 11) is -4.05. The minimum atomic E-state index is -4.05. The summed E-state index contributed by atoms with van der Waals surface area (Å²) in [5.41, 5.74) is 2.87. The largest absolute Gasteiger partial charge is 0.492 e. The zero-order chi connectivity index (χ0) is 24.5. The molecule has 0 radical (unpaired) electrons. The quantitative estimate of drug-likeness (QED) is 0.306. The molecule has 4 rings (SSSR count). The van der Waals surface area contributed by atoms with Gasteiger partial charge in [0.05, 0.1) is 11.4 Å². The monoisotopic (exact) mass is 560 g/mol. The third-order valence-corrected chi connectivity index (χ3v) is 7.79. The zero-order valence-corrected chi connectivity index (χ0v) is 21.7. The predicted octanol–water partition coefficient (Wildman–Crippen LogP) is 5.87. The highest BCUT2D eigenvalue weighted by Gasteiger charge is 2.22. The Morgan fingerprint density at radius 3 is 2.44 bits per heavy atom. The first kappa shape index (κ1) is 24.3. The summed E-state index contributed by atoms with van der Waals surface area (Å²) < 4.78 is 36.0. The van der Waals surface area contributed by atoms with Crippen molar-refractivity contribution in [2.24, 2.45) is 0 Å². The second kappa shape index (κ2) is 9.82. The van der Waals surface area contributed by atoms with Gasteiger partial charge in [0.25, 0.3) is 15.9 Å². The van der Waals surface area contributed by atoms with Crippen molar-refractivity contribution in [1.29, 1.82) is 0 Å². The van der Waals surface area contributed by atoms with E-state index in [4.69, 9.17) is 16.3 Å². The van der Waals surface area contributed by atoms with Crippen LogP contribution in [0.15, 0.2) is 76.1 Å². The minimum absolute atomic E-state index is 0.00491. The van der Waals surface area contributed by atoms with Crippen molar-refractivity contribution in [3.8, 4) is 5.75 Å². The summed E-state index contributed by atoms with van der Waals surface area (Å²) in [6.45, 7) is 4.44. The highest BCUT2D eigenvalue weighted by Crippen LogP contribution is 2.26. The maximum absolute atomic E-state index is 13.1. The minimum Gasteiger partial charge on any atom is -0.492 e. The van der Waals surface area contributed by atoms with Crippen molar-refractivity contribution in [3.63, 3.8) is 0 Å². The Kier molecular flexibility index (Phi) is 7.02. The van der Waals surface area contributed by atoms with E-state index < -0.39 is 15.9 Å². The van der Waals surface area contributed by atoms with Crippen LogP contribution in [0.3, 0.4) is 0 Å². The Labute approximate surface area is 211 Å². The van der Waals surface area contributed by atoms with Crippen LogP contribution in [-0.2, 0) is 16.6 Å². The average molecular weight is 562 g/mol. The Hall–Kier alpha value is -2.81. The summed E-state index contributed by atoms with van der Waals surface area (Å²) in [5, 5.41) is 1.53. The number of carbonyl (C=O) groups excluding carboxylic acids is 1. The molecule has 0 bridgehead atoms. The maximum atomic E-state index is 13.1. The summed E-state index contributed by atoms with van der Waals surface area (Å²) >= 11 is 9.49. The number of para-hydroxylation sites is 1. The molecule has 1 N–H and O–H groups in total. The van der Waals surface area contributed by atoms with E-state index in [0.717, 1.165) is 22.0 Å². The number of rotatable bonds is 7. The molecule has 0 fully saturated rings. The van der Waals surface area contributed by atoms with E-state index in [1.807, 2.05) is 50.2 Å². The summed E-state index contributed by atoms with van der Waals surface area (Å²) in [6.07, 6.45) is 0. The fraction of sp³-hybridized carbons (Fsp3) is 0.160. The molecule has 0 saturated heterocycles. The molecule has 6 nitrogen and oxygen atoms in total. The fourth-order valence-corrected chi connectivity index (χ4v) is 5.42. The van der Waals surface area contributed by atoms with Gasteiger partial charge in [-0.3, -0.25) is 4.79 Å². The lowest BCUT2D eigenvalue weighted by Crippen LogP contribution is -2.32. The smallest absolute Gasteiger partial charge is 0.281 e. The van der Waals surface area contributed by atoms with E-state index >= 15 is 0 Å². The average Bonchev–Trinajstić information content (AvgIpc) is 3.16. The van der Waals surface area contributed by atoms with E-state index in [-0.39, 0.29) is 17.2 Å². The number of aryl methyl sites for hydroxylation is 2. The number of halogens is 2. The van der Waals surface area contributed by atoms with E-state index in [1.165, 1.54) is 12.1 Å². The van der Waals surface area contributed by atoms with Gasteiger partial charge in [-0.2, -0.15) is 0 Å². The molecule has 3 aromatic carbocycles. The molecule has 4 aromatic rings. The van der Waals surface area contributed by atoms with Crippen molar-refractivity contribution < 1.29 is 17.9 Å². The standard InChI is InChI=1S/C25H22BrClN2O4S/c1-16-12-20(13-17(2)24(16)27)33-11-10-29-22-9-4-3-6-18(22)14-23(29)25(30)28-34(31,32)21-8-5-7-19(26)15-21/h3-9,12-15H,10-11H2,1-2H3,(H,28,30). The SMILES string of the molecule is Cc1cc(OCCn2c(C(=O)NS(=O)(=O)c3cccc(Br)c3)cc3ccccc32)cc(C)c1Cl. The van der Waals surface area contributed by atoms with Crippen LogP contribution < -0.4 is 9.46 Å². The number of fused-ring (bicyclic) bond motifs is 1. The van der Waals surface area contributed by atoms with Gasteiger partial charge in [0, 0.05) is 20.4 Å². The number of carbonyl (C=O) groups is 1. The van der Waals surface area contributed by atoms with E-state index in [2.05, 4.69) is 20.7 Å². The van der Waals surface area contributed by atoms with Crippen LogP contribution in [0.25, 0.3) is 10.9 Å². The molecule has 1 heterocycles. The number of amides is 1. The second-order valence-corrected chi connectivity index (χ2v) is 10.8. The Bertz CT molecular complexity index is 1480. The number of hydrogen-bond acceptors (Lipinski definition) is 4. The van der Waals surface area contributed by atoms with Crippen LogP contribution in [0.2, 0.25) is 5.02 Å². The van der Waals surface area contributed by atoms with Gasteiger partial charge in [0.2, 0.25) is 0 Å². The number of nitrogens with one attached hydrogen (secondary N) is 1. The molecule has 34 heavy (non-hydrogen) atoms. The van der Waals surface area contributed by atoms with Crippen LogP contribution in [0.4, 0.5) is 0 Å². The highest BCUT2D eigenvalue weighted by molar-refractivity contribution is 9.10. The van der Waals surface area contributed by atoms with Gasteiger partial charge in [-0.05, 0) is 67.4 Å². The molecule has 0 aliphatic heterocycles. The Morgan fingerprint density at radius 1 is 1.03 bits per heavy atom. The molecule has 9 heteroatoms. The van der Waals surface area contributed by atoms with Crippen molar-refractivity contribution in [2.75, 3.05) is 6.61 Å². The number of sulfonamides is 1. The second-order valence-electron chi connectivity index (χ2n) is 7.85. The number of aromatic nitrogens is 1. The molecule has 0 spiro atoms. The number of ether oxygens (including phenoxy) is 1. The molecule has 0 saturated carbocycles. The molecule has 1 amide bonds. The lowest BCUT2D eigenvalue weighted by Gasteiger charge is -2.14. The third kappa shape index (κ3) is 5.14. The van der Waals surface area contributed by atoms with Gasteiger partial charge < -0.3 is 9.30 Å². The van der Waals surface area contributed by atoms with E-state index in [0.29, 0.717) is 21.8 Å². The zero-order valence-electron chi connectivity index (χ0n) is 18.5. The normalized spacial score (nSPS) is 11.5. The summed E-state index contributed by atoms with van der Waals surface area (Å²) in [6, 6.07) is 19.1. The lowest BCUT2D eigenvalue weighted by atomic mass is 10.1. The van der Waals surface area contributed by atoms with Gasteiger partial charge in [-0.15, -0.1) is 0 Å². The van der Waals surface area contributed by atoms with Gasteiger partial charge >= 0.3 is 0 Å². The molecule has 0 aliphatic carbocycles. The van der Waals surface area contributed by atoms with Gasteiger partial charge in [-0.1, -0.05) is 51.8 Å². The van der Waals surface area contributed by atoms with Crippen LogP contribution >= 0.6 is 27.5 Å². The first-order chi connectivity index (χ1) is 16.2. The fourth-order valence-electron chi connectivity index (χ4n) is 3.75. The van der Waals surface area contributed by atoms with Gasteiger partial charge in [-0.25, -0.2) is 13.1 Å². The van der Waals surface area contributed by atoms with Crippen LogP contribution in [0.5, 0.6) is 5.75 Å². The van der Waals surface area contributed by atoms with Crippen LogP contribution in [0.1, 0.15) is 21.6 Å². The molecule has 1 aromatic heterocycles. The summed E-state index contributed by atoms with van der Waals surface area (Å²) in [4.78, 5) is 13.1. The molecule has 0 aliphatic rings. The van der Waals surface area contributed by atoms with Crippen LogP contribution in [-0.4, -0.2) is 25.5 Å².